The first-order chi connectivity index (χ1) is 13.1. The van der Waals surface area contributed by atoms with Crippen LogP contribution in [-0.4, -0.2) is 44.0 Å². The fourth-order valence-electron chi connectivity index (χ4n) is 3.57. The lowest BCUT2D eigenvalue weighted by Gasteiger charge is -2.33. The van der Waals surface area contributed by atoms with E-state index in [9.17, 15) is 9.59 Å². The molecule has 9 nitrogen and oxygen atoms in total. The first-order valence-electron chi connectivity index (χ1n) is 9.14. The highest BCUT2D eigenvalue weighted by atomic mass is 16.5. The van der Waals surface area contributed by atoms with Gasteiger partial charge in [0.25, 0.3) is 0 Å². The minimum absolute atomic E-state index is 0.0711. The van der Waals surface area contributed by atoms with Crippen molar-refractivity contribution in [3.05, 3.63) is 40.4 Å². The summed E-state index contributed by atoms with van der Waals surface area (Å²) in [4.78, 5) is 35.7. The van der Waals surface area contributed by atoms with Gasteiger partial charge in [-0.2, -0.15) is 4.98 Å². The number of hydrogen-bond donors (Lipinski definition) is 3. The quantitative estimate of drug-likeness (QED) is 0.633. The number of aromatic nitrogens is 4. The molecule has 0 bridgehead atoms. The van der Waals surface area contributed by atoms with Crippen molar-refractivity contribution in [3.63, 3.8) is 0 Å². The summed E-state index contributed by atoms with van der Waals surface area (Å²) in [6.07, 6.45) is 3.54. The van der Waals surface area contributed by atoms with Gasteiger partial charge in [-0.25, -0.2) is 4.79 Å². The van der Waals surface area contributed by atoms with Gasteiger partial charge in [0, 0.05) is 18.7 Å². The van der Waals surface area contributed by atoms with Crippen LogP contribution >= 0.6 is 0 Å². The summed E-state index contributed by atoms with van der Waals surface area (Å²) in [7, 11) is 0. The molecule has 0 saturated carbocycles. The Bertz CT molecular complexity index is 1000. The molecule has 1 atom stereocenters. The smallest absolute Gasteiger partial charge is 0.323 e. The standard InChI is InChI=1S/C18H22N6O3/c1-11-19-17(27-23-11)15-4-2-3-8-24(15)9-7-16(25)20-12-5-6-13-14(10-12)22-18(26)21-13/h5-6,10,15H,2-4,7-9H2,1H3,(H,20,25)(H2,21,22,26)/t15-/m0/s1. The van der Waals surface area contributed by atoms with Crippen LogP contribution in [0.4, 0.5) is 5.69 Å². The van der Waals surface area contributed by atoms with E-state index in [1.165, 1.54) is 0 Å². The highest BCUT2D eigenvalue weighted by Crippen LogP contribution is 2.29. The van der Waals surface area contributed by atoms with Crippen LogP contribution in [0.1, 0.15) is 43.4 Å². The van der Waals surface area contributed by atoms with E-state index in [1.54, 1.807) is 18.2 Å². The zero-order valence-corrected chi connectivity index (χ0v) is 15.1. The van der Waals surface area contributed by atoms with E-state index in [-0.39, 0.29) is 17.6 Å². The summed E-state index contributed by atoms with van der Waals surface area (Å²) in [5.74, 6) is 1.19. The molecule has 1 aromatic carbocycles. The first kappa shape index (κ1) is 17.5. The predicted octanol–water partition coefficient (Wildman–Crippen LogP) is 2.10. The number of aryl methyl sites for hydroxylation is 1. The van der Waals surface area contributed by atoms with Crippen molar-refractivity contribution in [1.82, 2.24) is 25.0 Å². The second kappa shape index (κ2) is 7.36. The average Bonchev–Trinajstić information content (AvgIpc) is 3.24. The minimum Gasteiger partial charge on any atom is -0.338 e. The Balaban J connectivity index is 1.37. The van der Waals surface area contributed by atoms with Crippen molar-refractivity contribution < 1.29 is 9.32 Å². The molecule has 0 spiro atoms. The zero-order chi connectivity index (χ0) is 18.8. The Labute approximate surface area is 155 Å². The largest absolute Gasteiger partial charge is 0.338 e. The van der Waals surface area contributed by atoms with Crippen LogP contribution in [0.5, 0.6) is 0 Å². The fourth-order valence-corrected chi connectivity index (χ4v) is 3.57. The van der Waals surface area contributed by atoms with E-state index in [4.69, 9.17) is 4.52 Å². The molecule has 3 aromatic rings. The van der Waals surface area contributed by atoms with Gasteiger partial charge in [-0.3, -0.25) is 9.69 Å². The van der Waals surface area contributed by atoms with Gasteiger partial charge < -0.3 is 19.8 Å². The SMILES string of the molecule is Cc1noc([C@@H]2CCCCN2CCC(=O)Nc2ccc3[nH]c(=O)[nH]c3c2)n1. The average molecular weight is 370 g/mol. The molecule has 2 aromatic heterocycles. The van der Waals surface area contributed by atoms with Gasteiger partial charge in [0.15, 0.2) is 5.82 Å². The highest BCUT2D eigenvalue weighted by molar-refractivity contribution is 5.93. The third kappa shape index (κ3) is 3.92. The lowest BCUT2D eigenvalue weighted by molar-refractivity contribution is -0.116. The van der Waals surface area contributed by atoms with Gasteiger partial charge in [-0.15, -0.1) is 0 Å². The normalized spacial score (nSPS) is 18.0. The van der Waals surface area contributed by atoms with Crippen LogP contribution in [0, 0.1) is 6.92 Å². The number of likely N-dealkylation sites (tertiary alicyclic amines) is 1. The van der Waals surface area contributed by atoms with Gasteiger partial charge in [0.05, 0.1) is 17.1 Å². The number of hydrogen-bond acceptors (Lipinski definition) is 6. The third-order valence-corrected chi connectivity index (χ3v) is 4.87. The number of rotatable bonds is 5. The maximum atomic E-state index is 12.4. The van der Waals surface area contributed by atoms with E-state index < -0.39 is 0 Å². The number of fused-ring (bicyclic) bond motifs is 1. The second-order valence-corrected chi connectivity index (χ2v) is 6.87. The van der Waals surface area contributed by atoms with Gasteiger partial charge in [0.1, 0.15) is 0 Å². The molecule has 1 amide bonds. The number of amides is 1. The van der Waals surface area contributed by atoms with Gasteiger partial charge in [-0.05, 0) is 44.5 Å². The summed E-state index contributed by atoms with van der Waals surface area (Å²) < 4.78 is 5.34. The number of nitrogens with zero attached hydrogens (tertiary/aromatic N) is 3. The number of aromatic amines is 2. The number of imidazole rings is 1. The molecule has 3 N–H and O–H groups in total. The molecule has 0 radical (unpaired) electrons. The van der Waals surface area contributed by atoms with Crippen molar-refractivity contribution in [3.8, 4) is 0 Å². The number of carbonyl (C=O) groups excluding carboxylic acids is 1. The number of anilines is 1. The molecule has 27 heavy (non-hydrogen) atoms. The summed E-state index contributed by atoms with van der Waals surface area (Å²) in [6.45, 7) is 3.35. The molecule has 1 fully saturated rings. The molecule has 1 aliphatic rings. The molecule has 0 aliphatic carbocycles. The van der Waals surface area contributed by atoms with Crippen molar-refractivity contribution >= 4 is 22.6 Å². The van der Waals surface area contributed by atoms with E-state index in [2.05, 4.69) is 30.3 Å². The molecular weight excluding hydrogens is 348 g/mol. The van der Waals surface area contributed by atoms with Crippen LogP contribution in [0.25, 0.3) is 11.0 Å². The third-order valence-electron chi connectivity index (χ3n) is 4.87. The molecule has 0 unspecified atom stereocenters. The maximum absolute atomic E-state index is 12.4. The lowest BCUT2D eigenvalue weighted by Crippen LogP contribution is -2.35. The van der Waals surface area contributed by atoms with E-state index in [0.717, 1.165) is 25.8 Å². The molecule has 4 rings (SSSR count). The number of piperidine rings is 1. The van der Waals surface area contributed by atoms with Crippen molar-refractivity contribution in [2.24, 2.45) is 0 Å². The van der Waals surface area contributed by atoms with Crippen LogP contribution < -0.4 is 11.0 Å². The molecule has 1 saturated heterocycles. The Morgan fingerprint density at radius 1 is 1.33 bits per heavy atom. The topological polar surface area (TPSA) is 120 Å². The van der Waals surface area contributed by atoms with Crippen molar-refractivity contribution in [1.29, 1.82) is 0 Å². The number of nitrogens with one attached hydrogen (secondary N) is 3. The van der Waals surface area contributed by atoms with E-state index in [0.29, 0.717) is 41.4 Å². The highest BCUT2D eigenvalue weighted by Gasteiger charge is 2.28. The lowest BCUT2D eigenvalue weighted by atomic mass is 10.0. The monoisotopic (exact) mass is 370 g/mol. The number of benzene rings is 1. The molecule has 3 heterocycles. The van der Waals surface area contributed by atoms with Crippen molar-refractivity contribution in [2.75, 3.05) is 18.4 Å². The van der Waals surface area contributed by atoms with Crippen LogP contribution in [-0.2, 0) is 4.79 Å². The Kier molecular flexibility index (Phi) is 4.76. The number of H-pyrrole nitrogens is 2. The van der Waals surface area contributed by atoms with Crippen LogP contribution in [0.3, 0.4) is 0 Å². The fraction of sp³-hybridized carbons (Fsp3) is 0.444. The van der Waals surface area contributed by atoms with Gasteiger partial charge in [0.2, 0.25) is 11.8 Å². The molecule has 1 aliphatic heterocycles. The van der Waals surface area contributed by atoms with Gasteiger partial charge in [-0.1, -0.05) is 11.6 Å². The Hall–Kier alpha value is -2.94. The number of carbonyl (C=O) groups is 1. The first-order valence-corrected chi connectivity index (χ1v) is 9.14. The Morgan fingerprint density at radius 3 is 3.00 bits per heavy atom. The van der Waals surface area contributed by atoms with Crippen LogP contribution in [0.15, 0.2) is 27.5 Å². The van der Waals surface area contributed by atoms with Crippen molar-refractivity contribution in [2.45, 2.75) is 38.6 Å². The van der Waals surface area contributed by atoms with Gasteiger partial charge >= 0.3 is 5.69 Å². The maximum Gasteiger partial charge on any atom is 0.323 e. The summed E-state index contributed by atoms with van der Waals surface area (Å²) in [5, 5.41) is 6.77. The van der Waals surface area contributed by atoms with Crippen LogP contribution in [0.2, 0.25) is 0 Å². The summed E-state index contributed by atoms with van der Waals surface area (Å²) >= 11 is 0. The molecule has 9 heteroatoms. The van der Waals surface area contributed by atoms with E-state index in [1.807, 2.05) is 6.92 Å². The summed E-state index contributed by atoms with van der Waals surface area (Å²) in [6, 6.07) is 5.36. The molecule has 142 valence electrons. The minimum atomic E-state index is -0.263. The Morgan fingerprint density at radius 2 is 2.19 bits per heavy atom. The predicted molar refractivity (Wildman–Crippen MR) is 99.4 cm³/mol. The second-order valence-electron chi connectivity index (χ2n) is 6.87. The van der Waals surface area contributed by atoms with E-state index >= 15 is 0 Å². The zero-order valence-electron chi connectivity index (χ0n) is 15.1. The molecular formula is C18H22N6O3. The summed E-state index contributed by atoms with van der Waals surface area (Å²) in [5.41, 5.74) is 1.77.